The molecule has 0 radical (unpaired) electrons. The number of hydrogen-bond donors (Lipinski definition) is 0. The molecule has 1 unspecified atom stereocenters. The second-order valence-electron chi connectivity index (χ2n) is 6.87. The van der Waals surface area contributed by atoms with Crippen LogP contribution in [-0.4, -0.2) is 44.3 Å². The smallest absolute Gasteiger partial charge is 0.263 e. The number of carbonyl (C=O) groups is 1. The number of thiophene rings is 1. The van der Waals surface area contributed by atoms with Gasteiger partial charge in [0.05, 0.1) is 16.4 Å². The maximum absolute atomic E-state index is 12.4. The zero-order valence-corrected chi connectivity index (χ0v) is 14.7. The summed E-state index contributed by atoms with van der Waals surface area (Å²) in [5.41, 5.74) is 0.0430. The Kier molecular flexibility index (Phi) is 4.49. The summed E-state index contributed by atoms with van der Waals surface area (Å²) >= 11 is 1.52. The Morgan fingerprint density at radius 1 is 1.38 bits per heavy atom. The summed E-state index contributed by atoms with van der Waals surface area (Å²) in [6.45, 7) is 6.89. The molecule has 118 valence electrons. The first-order valence-corrected chi connectivity index (χ1v) is 9.78. The fourth-order valence-corrected chi connectivity index (χ4v) is 5.44. The molecule has 2 heterocycles. The minimum absolute atomic E-state index is 0.0141. The lowest BCUT2D eigenvalue weighted by Crippen LogP contribution is -2.31. The Hall–Kier alpha value is -0.880. The predicted octanol–water partition coefficient (Wildman–Crippen LogP) is 2.55. The minimum atomic E-state index is -2.88. The van der Waals surface area contributed by atoms with Gasteiger partial charge in [0, 0.05) is 18.5 Å². The molecule has 1 atom stereocenters. The summed E-state index contributed by atoms with van der Waals surface area (Å²) in [7, 11) is -1.13. The average molecular weight is 329 g/mol. The van der Waals surface area contributed by atoms with Crippen molar-refractivity contribution in [2.24, 2.45) is 5.92 Å². The summed E-state index contributed by atoms with van der Waals surface area (Å²) in [4.78, 5) is 16.0. The normalized spacial score (nSPS) is 21.4. The third-order valence-corrected chi connectivity index (χ3v) is 7.10. The second-order valence-corrected chi connectivity index (χ2v) is 10.2. The van der Waals surface area contributed by atoms with Gasteiger partial charge in [-0.05, 0) is 29.9 Å². The van der Waals surface area contributed by atoms with Crippen molar-refractivity contribution in [3.8, 4) is 0 Å². The van der Waals surface area contributed by atoms with E-state index in [2.05, 4.69) is 20.8 Å². The molecule has 4 nitrogen and oxygen atoms in total. The lowest BCUT2D eigenvalue weighted by molar-refractivity contribution is 0.0782. The average Bonchev–Trinajstić information content (AvgIpc) is 2.94. The maximum Gasteiger partial charge on any atom is 0.263 e. The lowest BCUT2D eigenvalue weighted by Gasteiger charge is -2.20. The van der Waals surface area contributed by atoms with Gasteiger partial charge in [0.15, 0.2) is 9.84 Å². The van der Waals surface area contributed by atoms with Gasteiger partial charge in [-0.1, -0.05) is 20.8 Å². The first-order valence-electron chi connectivity index (χ1n) is 7.15. The maximum atomic E-state index is 12.4. The zero-order chi connectivity index (χ0) is 15.8. The van der Waals surface area contributed by atoms with E-state index in [0.717, 1.165) is 4.88 Å². The summed E-state index contributed by atoms with van der Waals surface area (Å²) < 4.78 is 22.9. The Morgan fingerprint density at radius 2 is 2.05 bits per heavy atom. The van der Waals surface area contributed by atoms with Crippen LogP contribution in [0.15, 0.2) is 12.1 Å². The SMILES string of the molecule is CN(CC1CCS(=O)(=O)C1)C(=O)c1ccc(C(C)(C)C)s1. The molecule has 1 amide bonds. The number of hydrogen-bond acceptors (Lipinski definition) is 4. The van der Waals surface area contributed by atoms with E-state index in [-0.39, 0.29) is 28.7 Å². The van der Waals surface area contributed by atoms with Gasteiger partial charge < -0.3 is 4.90 Å². The Bertz CT molecular complexity index is 626. The first-order chi connectivity index (χ1) is 9.58. The minimum Gasteiger partial charge on any atom is -0.341 e. The monoisotopic (exact) mass is 329 g/mol. The van der Waals surface area contributed by atoms with Crippen LogP contribution >= 0.6 is 11.3 Å². The molecule has 0 saturated carbocycles. The van der Waals surface area contributed by atoms with E-state index in [1.165, 1.54) is 16.2 Å². The van der Waals surface area contributed by atoms with E-state index in [1.807, 2.05) is 12.1 Å². The van der Waals surface area contributed by atoms with E-state index < -0.39 is 9.84 Å². The highest BCUT2D eigenvalue weighted by Gasteiger charge is 2.30. The highest BCUT2D eigenvalue weighted by Crippen LogP contribution is 2.30. The van der Waals surface area contributed by atoms with Gasteiger partial charge in [-0.3, -0.25) is 4.79 Å². The number of nitrogens with zero attached hydrogens (tertiary/aromatic N) is 1. The number of sulfone groups is 1. The summed E-state index contributed by atoms with van der Waals surface area (Å²) in [6, 6.07) is 3.88. The highest BCUT2D eigenvalue weighted by atomic mass is 32.2. The van der Waals surface area contributed by atoms with Gasteiger partial charge in [-0.15, -0.1) is 11.3 Å². The Morgan fingerprint density at radius 3 is 2.52 bits per heavy atom. The fourth-order valence-electron chi connectivity index (χ4n) is 2.53. The molecule has 0 N–H and O–H groups in total. The zero-order valence-electron chi connectivity index (χ0n) is 13.0. The second kappa shape index (κ2) is 5.72. The van der Waals surface area contributed by atoms with Crippen LogP contribution in [0.1, 0.15) is 41.7 Å². The molecule has 0 bridgehead atoms. The molecule has 2 rings (SSSR count). The summed E-state index contributed by atoms with van der Waals surface area (Å²) in [5, 5.41) is 0. The van der Waals surface area contributed by atoms with Crippen molar-refractivity contribution < 1.29 is 13.2 Å². The van der Waals surface area contributed by atoms with Crippen LogP contribution in [0.3, 0.4) is 0 Å². The molecular formula is C15H23NO3S2. The van der Waals surface area contributed by atoms with Crippen molar-refractivity contribution in [2.75, 3.05) is 25.1 Å². The predicted molar refractivity (Wildman–Crippen MR) is 86.7 cm³/mol. The van der Waals surface area contributed by atoms with Crippen LogP contribution in [0.4, 0.5) is 0 Å². The molecular weight excluding hydrogens is 306 g/mol. The highest BCUT2D eigenvalue weighted by molar-refractivity contribution is 7.91. The summed E-state index contributed by atoms with van der Waals surface area (Å²) in [6.07, 6.45) is 0.664. The molecule has 1 fully saturated rings. The van der Waals surface area contributed by atoms with Crippen LogP contribution in [0.2, 0.25) is 0 Å². The third-order valence-electron chi connectivity index (χ3n) is 3.76. The fraction of sp³-hybridized carbons (Fsp3) is 0.667. The molecule has 0 aromatic carbocycles. The van der Waals surface area contributed by atoms with Crippen molar-refractivity contribution in [3.05, 3.63) is 21.9 Å². The molecule has 1 aromatic heterocycles. The van der Waals surface area contributed by atoms with Crippen LogP contribution in [-0.2, 0) is 15.3 Å². The quantitative estimate of drug-likeness (QED) is 0.856. The molecule has 0 spiro atoms. The number of carbonyl (C=O) groups excluding carboxylic acids is 1. The third kappa shape index (κ3) is 4.07. The van der Waals surface area contributed by atoms with Crippen molar-refractivity contribution in [3.63, 3.8) is 0 Å². The van der Waals surface area contributed by atoms with Crippen molar-refractivity contribution >= 4 is 27.1 Å². The van der Waals surface area contributed by atoms with Crippen LogP contribution in [0, 0.1) is 5.92 Å². The first kappa shape index (κ1) is 16.5. The molecule has 1 aromatic rings. The van der Waals surface area contributed by atoms with Crippen LogP contribution in [0.25, 0.3) is 0 Å². The van der Waals surface area contributed by atoms with Crippen molar-refractivity contribution in [2.45, 2.75) is 32.6 Å². The lowest BCUT2D eigenvalue weighted by atomic mass is 9.95. The van der Waals surface area contributed by atoms with E-state index in [4.69, 9.17) is 0 Å². The van der Waals surface area contributed by atoms with E-state index in [9.17, 15) is 13.2 Å². The summed E-state index contributed by atoms with van der Waals surface area (Å²) in [5.74, 6) is 0.528. The van der Waals surface area contributed by atoms with Gasteiger partial charge in [-0.2, -0.15) is 0 Å². The number of rotatable bonds is 3. The van der Waals surface area contributed by atoms with Crippen LogP contribution in [0.5, 0.6) is 0 Å². The van der Waals surface area contributed by atoms with Gasteiger partial charge in [0.1, 0.15) is 0 Å². The van der Waals surface area contributed by atoms with Gasteiger partial charge in [0.25, 0.3) is 5.91 Å². The molecule has 1 aliphatic rings. The molecule has 0 aliphatic carbocycles. The number of amides is 1. The molecule has 1 saturated heterocycles. The van der Waals surface area contributed by atoms with Gasteiger partial charge >= 0.3 is 0 Å². The van der Waals surface area contributed by atoms with Crippen LogP contribution < -0.4 is 0 Å². The van der Waals surface area contributed by atoms with Crippen molar-refractivity contribution in [1.29, 1.82) is 0 Å². The molecule has 1 aliphatic heterocycles. The largest absolute Gasteiger partial charge is 0.341 e. The molecule has 21 heavy (non-hydrogen) atoms. The standard InChI is InChI=1S/C15H23NO3S2/c1-15(2,3)13-6-5-12(20-13)14(17)16(4)9-11-7-8-21(18,19)10-11/h5-6,11H,7-10H2,1-4H3. The Labute approximate surface area is 131 Å². The Balaban J connectivity index is 2.01. The van der Waals surface area contributed by atoms with Gasteiger partial charge in [0.2, 0.25) is 0 Å². The van der Waals surface area contributed by atoms with E-state index in [0.29, 0.717) is 13.0 Å². The van der Waals surface area contributed by atoms with E-state index >= 15 is 0 Å². The topological polar surface area (TPSA) is 54.5 Å². The van der Waals surface area contributed by atoms with Gasteiger partial charge in [-0.25, -0.2) is 8.42 Å². The van der Waals surface area contributed by atoms with E-state index in [1.54, 1.807) is 11.9 Å². The van der Waals surface area contributed by atoms with Crippen molar-refractivity contribution in [1.82, 2.24) is 4.90 Å². The molecule has 6 heteroatoms.